The smallest absolute Gasteiger partial charge is 0.349 e. The van der Waals surface area contributed by atoms with Crippen molar-refractivity contribution in [1.82, 2.24) is 0 Å². The minimum absolute atomic E-state index is 0.155. The lowest BCUT2D eigenvalue weighted by Crippen LogP contribution is -2.09. The summed E-state index contributed by atoms with van der Waals surface area (Å²) in [6.45, 7) is 2.04. The van der Waals surface area contributed by atoms with Gasteiger partial charge in [-0.15, -0.1) is 0 Å². The molecule has 0 atom stereocenters. The average Bonchev–Trinajstić information content (AvgIpc) is 2.21. The van der Waals surface area contributed by atoms with Crippen molar-refractivity contribution >= 4 is 5.97 Å². The molecule has 0 N–H and O–H groups in total. The summed E-state index contributed by atoms with van der Waals surface area (Å²) in [6.07, 6.45) is 6.63. The van der Waals surface area contributed by atoms with Crippen LogP contribution in [0.2, 0.25) is 0 Å². The lowest BCUT2D eigenvalue weighted by molar-refractivity contribution is -0.138. The Balaban J connectivity index is 2.89. The summed E-state index contributed by atoms with van der Waals surface area (Å²) in [5.41, 5.74) is 0.958. The largest absolute Gasteiger partial charge is 0.462 e. The SMILES string of the molecule is CCOC(=O)C(C#N)=C1C=CCCC1. The molecular weight excluding hydrogens is 178 g/mol. The van der Waals surface area contributed by atoms with Crippen LogP contribution in [0, 0.1) is 11.3 Å². The zero-order valence-corrected chi connectivity index (χ0v) is 8.25. The number of carbonyl (C=O) groups excluding carboxylic acids is 1. The van der Waals surface area contributed by atoms with Crippen LogP contribution in [0.3, 0.4) is 0 Å². The van der Waals surface area contributed by atoms with Gasteiger partial charge in [-0.05, 0) is 31.8 Å². The molecule has 0 aliphatic heterocycles. The third-order valence-electron chi connectivity index (χ3n) is 2.05. The Hall–Kier alpha value is -1.56. The molecule has 74 valence electrons. The highest BCUT2D eigenvalue weighted by molar-refractivity contribution is 5.94. The maximum atomic E-state index is 11.3. The van der Waals surface area contributed by atoms with E-state index in [4.69, 9.17) is 10.00 Å². The molecule has 0 saturated carbocycles. The van der Waals surface area contributed by atoms with E-state index < -0.39 is 5.97 Å². The number of carbonyl (C=O) groups is 1. The summed E-state index contributed by atoms with van der Waals surface area (Å²) in [6, 6.07) is 1.91. The molecule has 0 saturated heterocycles. The van der Waals surface area contributed by atoms with Crippen LogP contribution in [0.15, 0.2) is 23.3 Å². The van der Waals surface area contributed by atoms with Crippen LogP contribution in [0.4, 0.5) is 0 Å². The first-order chi connectivity index (χ1) is 6.79. The lowest BCUT2D eigenvalue weighted by Gasteiger charge is -2.09. The third-order valence-corrected chi connectivity index (χ3v) is 2.05. The van der Waals surface area contributed by atoms with Gasteiger partial charge in [-0.2, -0.15) is 5.26 Å². The van der Waals surface area contributed by atoms with Crippen molar-refractivity contribution in [2.75, 3.05) is 6.61 Å². The Bertz CT molecular complexity index is 321. The molecule has 0 fully saturated rings. The minimum Gasteiger partial charge on any atom is -0.462 e. The van der Waals surface area contributed by atoms with E-state index in [1.807, 2.05) is 18.2 Å². The van der Waals surface area contributed by atoms with E-state index in [1.54, 1.807) is 6.92 Å². The molecule has 0 radical (unpaired) electrons. The Morgan fingerprint density at radius 3 is 3.00 bits per heavy atom. The van der Waals surface area contributed by atoms with Crippen LogP contribution < -0.4 is 0 Å². The van der Waals surface area contributed by atoms with E-state index in [0.717, 1.165) is 24.8 Å². The highest BCUT2D eigenvalue weighted by Gasteiger charge is 2.15. The lowest BCUT2D eigenvalue weighted by atomic mass is 9.97. The fourth-order valence-corrected chi connectivity index (χ4v) is 1.38. The molecule has 0 heterocycles. The van der Waals surface area contributed by atoms with E-state index in [2.05, 4.69) is 0 Å². The Kier molecular flexibility index (Phi) is 3.93. The highest BCUT2D eigenvalue weighted by Crippen LogP contribution is 2.20. The number of nitrogens with zero attached hydrogens (tertiary/aromatic N) is 1. The predicted octanol–water partition coefficient (Wildman–Crippen LogP) is 2.11. The van der Waals surface area contributed by atoms with Gasteiger partial charge in [0.1, 0.15) is 11.6 Å². The fourth-order valence-electron chi connectivity index (χ4n) is 1.38. The van der Waals surface area contributed by atoms with Gasteiger partial charge in [0.25, 0.3) is 0 Å². The highest BCUT2D eigenvalue weighted by atomic mass is 16.5. The second-order valence-electron chi connectivity index (χ2n) is 3.03. The predicted molar refractivity (Wildman–Crippen MR) is 52.3 cm³/mol. The van der Waals surface area contributed by atoms with Crippen molar-refractivity contribution in [3.8, 4) is 6.07 Å². The molecule has 14 heavy (non-hydrogen) atoms. The van der Waals surface area contributed by atoms with Gasteiger partial charge in [-0.25, -0.2) is 4.79 Å². The summed E-state index contributed by atoms with van der Waals surface area (Å²) >= 11 is 0. The Labute approximate surface area is 83.7 Å². The van der Waals surface area contributed by atoms with Crippen molar-refractivity contribution in [2.24, 2.45) is 0 Å². The molecule has 1 aliphatic carbocycles. The number of allylic oxidation sites excluding steroid dienone is 3. The first kappa shape index (κ1) is 10.5. The van der Waals surface area contributed by atoms with E-state index in [9.17, 15) is 4.79 Å². The van der Waals surface area contributed by atoms with Gasteiger partial charge in [0, 0.05) is 0 Å². The zero-order chi connectivity index (χ0) is 10.4. The zero-order valence-electron chi connectivity index (χ0n) is 8.25. The second-order valence-corrected chi connectivity index (χ2v) is 3.03. The molecule has 0 aromatic heterocycles. The van der Waals surface area contributed by atoms with Gasteiger partial charge in [-0.3, -0.25) is 0 Å². The molecule has 1 aliphatic rings. The maximum Gasteiger partial charge on any atom is 0.349 e. The quantitative estimate of drug-likeness (QED) is 0.381. The van der Waals surface area contributed by atoms with Crippen LogP contribution in [0.1, 0.15) is 26.2 Å². The van der Waals surface area contributed by atoms with Crippen LogP contribution >= 0.6 is 0 Å². The summed E-state index contributed by atoms with van der Waals surface area (Å²) < 4.78 is 4.79. The van der Waals surface area contributed by atoms with Gasteiger partial charge < -0.3 is 4.74 Å². The summed E-state index contributed by atoms with van der Waals surface area (Å²) in [5.74, 6) is -0.503. The molecule has 3 heteroatoms. The number of nitriles is 1. The van der Waals surface area contributed by atoms with E-state index in [-0.39, 0.29) is 5.57 Å². The number of ether oxygens (including phenoxy) is 1. The Morgan fingerprint density at radius 1 is 1.71 bits per heavy atom. The van der Waals surface area contributed by atoms with Gasteiger partial charge >= 0.3 is 5.97 Å². The summed E-state index contributed by atoms with van der Waals surface area (Å²) in [4.78, 5) is 11.3. The monoisotopic (exact) mass is 191 g/mol. The second kappa shape index (κ2) is 5.23. The topological polar surface area (TPSA) is 50.1 Å². The number of rotatable bonds is 2. The fraction of sp³-hybridized carbons (Fsp3) is 0.455. The summed E-state index contributed by atoms with van der Waals surface area (Å²) in [7, 11) is 0. The molecular formula is C11H13NO2. The number of hydrogen-bond acceptors (Lipinski definition) is 3. The standard InChI is InChI=1S/C11H13NO2/c1-2-14-11(13)10(8-12)9-6-4-3-5-7-9/h4,6H,2-3,5,7H2,1H3. The van der Waals surface area contributed by atoms with Crippen LogP contribution in [-0.4, -0.2) is 12.6 Å². The van der Waals surface area contributed by atoms with Gasteiger partial charge in [0.05, 0.1) is 6.61 Å². The van der Waals surface area contributed by atoms with Crippen LogP contribution in [0.25, 0.3) is 0 Å². The van der Waals surface area contributed by atoms with Gasteiger partial charge in [0.2, 0.25) is 0 Å². The van der Waals surface area contributed by atoms with Crippen molar-refractivity contribution in [2.45, 2.75) is 26.2 Å². The van der Waals surface area contributed by atoms with Crippen LogP contribution in [0.5, 0.6) is 0 Å². The summed E-state index contributed by atoms with van der Waals surface area (Å²) in [5, 5.41) is 8.83. The molecule has 0 amide bonds. The number of hydrogen-bond donors (Lipinski definition) is 0. The van der Waals surface area contributed by atoms with E-state index in [1.165, 1.54) is 0 Å². The normalized spacial score (nSPS) is 18.6. The van der Waals surface area contributed by atoms with Crippen molar-refractivity contribution < 1.29 is 9.53 Å². The minimum atomic E-state index is -0.503. The molecule has 3 nitrogen and oxygen atoms in total. The number of esters is 1. The maximum absolute atomic E-state index is 11.3. The van der Waals surface area contributed by atoms with Crippen molar-refractivity contribution in [3.63, 3.8) is 0 Å². The first-order valence-corrected chi connectivity index (χ1v) is 4.76. The molecule has 0 aromatic rings. The van der Waals surface area contributed by atoms with Crippen molar-refractivity contribution in [1.29, 1.82) is 5.26 Å². The molecule has 0 bridgehead atoms. The van der Waals surface area contributed by atoms with Gasteiger partial charge in [0.15, 0.2) is 0 Å². The Morgan fingerprint density at radius 2 is 2.50 bits per heavy atom. The average molecular weight is 191 g/mol. The third kappa shape index (κ3) is 2.46. The molecule has 0 spiro atoms. The molecule has 1 rings (SSSR count). The molecule has 0 aromatic carbocycles. The molecule has 0 unspecified atom stereocenters. The first-order valence-electron chi connectivity index (χ1n) is 4.76. The van der Waals surface area contributed by atoms with Crippen molar-refractivity contribution in [3.05, 3.63) is 23.3 Å². The van der Waals surface area contributed by atoms with Gasteiger partial charge in [-0.1, -0.05) is 12.2 Å². The van der Waals surface area contributed by atoms with Crippen LogP contribution in [-0.2, 0) is 9.53 Å². The van der Waals surface area contributed by atoms with E-state index >= 15 is 0 Å². The van der Waals surface area contributed by atoms with E-state index in [0.29, 0.717) is 6.61 Å².